The fourth-order valence-corrected chi connectivity index (χ4v) is 2.12. The Balaban J connectivity index is 2.32. The molecule has 0 amide bonds. The molecule has 0 saturated heterocycles. The number of hydrogen-bond donors (Lipinski definition) is 2. The molecule has 0 heterocycles. The molecule has 3 N–H and O–H groups in total. The van der Waals surface area contributed by atoms with Gasteiger partial charge in [0.25, 0.3) is 0 Å². The van der Waals surface area contributed by atoms with Crippen molar-refractivity contribution in [3.05, 3.63) is 0 Å². The maximum atomic E-state index is 9.50. The number of hydrogen-bond acceptors (Lipinski definition) is 4. The molecule has 0 bridgehead atoms. The molecule has 0 aromatic heterocycles. The molecule has 0 aromatic rings. The van der Waals surface area contributed by atoms with Crippen molar-refractivity contribution in [2.45, 2.75) is 43.8 Å². The largest absolute Gasteiger partial charge is 0.388 e. The lowest BCUT2D eigenvalue weighted by molar-refractivity contribution is -0.103. The number of aliphatic hydroxyl groups is 1. The van der Waals surface area contributed by atoms with Gasteiger partial charge in [-0.1, -0.05) is 19.3 Å². The number of aliphatic hydroxyl groups excluding tert-OH is 1. The minimum absolute atomic E-state index is 0.188. The van der Waals surface area contributed by atoms with Crippen molar-refractivity contribution >= 4 is 0 Å². The fourth-order valence-electron chi connectivity index (χ4n) is 2.12. The van der Waals surface area contributed by atoms with Crippen LogP contribution in [0.3, 0.4) is 0 Å². The van der Waals surface area contributed by atoms with Crippen molar-refractivity contribution in [1.82, 2.24) is 0 Å². The van der Waals surface area contributed by atoms with E-state index >= 15 is 0 Å². The average molecular weight is 217 g/mol. The molecule has 0 spiro atoms. The highest BCUT2D eigenvalue weighted by atomic mass is 16.5. The molecule has 1 aliphatic carbocycles. The van der Waals surface area contributed by atoms with Crippen LogP contribution in [0.2, 0.25) is 0 Å². The summed E-state index contributed by atoms with van der Waals surface area (Å²) in [5, 5.41) is 9.50. The summed E-state index contributed by atoms with van der Waals surface area (Å²) in [7, 11) is 1.57. The third-order valence-electron chi connectivity index (χ3n) is 3.08. The van der Waals surface area contributed by atoms with E-state index < -0.39 is 6.10 Å². The summed E-state index contributed by atoms with van der Waals surface area (Å²) in [6.45, 7) is 1.19. The predicted octanol–water partition coefficient (Wildman–Crippen LogP) is 0.672. The molecule has 4 nitrogen and oxygen atoms in total. The van der Waals surface area contributed by atoms with Gasteiger partial charge >= 0.3 is 0 Å². The molecule has 1 aliphatic rings. The molecule has 0 aliphatic heterocycles. The van der Waals surface area contributed by atoms with Gasteiger partial charge in [0.2, 0.25) is 0 Å². The summed E-state index contributed by atoms with van der Waals surface area (Å²) >= 11 is 0. The van der Waals surface area contributed by atoms with Crippen molar-refractivity contribution in [2.75, 3.05) is 26.9 Å². The third-order valence-corrected chi connectivity index (χ3v) is 3.08. The van der Waals surface area contributed by atoms with Crippen LogP contribution in [-0.4, -0.2) is 43.7 Å². The Hall–Kier alpha value is -0.160. The van der Waals surface area contributed by atoms with Gasteiger partial charge in [-0.05, 0) is 12.8 Å². The van der Waals surface area contributed by atoms with Crippen LogP contribution in [0.15, 0.2) is 0 Å². The molecular weight excluding hydrogens is 194 g/mol. The lowest BCUT2D eigenvalue weighted by Gasteiger charge is -2.36. The van der Waals surface area contributed by atoms with Crippen molar-refractivity contribution < 1.29 is 14.6 Å². The molecule has 1 atom stereocenters. The van der Waals surface area contributed by atoms with Gasteiger partial charge in [-0.25, -0.2) is 0 Å². The lowest BCUT2D eigenvalue weighted by atomic mass is 9.84. The minimum Gasteiger partial charge on any atom is -0.388 e. The Morgan fingerprint density at radius 2 is 1.93 bits per heavy atom. The molecule has 15 heavy (non-hydrogen) atoms. The molecule has 1 unspecified atom stereocenters. The summed E-state index contributed by atoms with van der Waals surface area (Å²) in [5.41, 5.74) is 5.57. The van der Waals surface area contributed by atoms with Crippen LogP contribution in [-0.2, 0) is 9.47 Å². The molecule has 0 aromatic carbocycles. The van der Waals surface area contributed by atoms with Crippen LogP contribution in [0.5, 0.6) is 0 Å². The van der Waals surface area contributed by atoms with Crippen molar-refractivity contribution in [1.29, 1.82) is 0 Å². The molecule has 90 valence electrons. The van der Waals surface area contributed by atoms with E-state index in [2.05, 4.69) is 0 Å². The first-order valence-electron chi connectivity index (χ1n) is 5.73. The molecule has 4 heteroatoms. The van der Waals surface area contributed by atoms with E-state index in [9.17, 15) is 5.11 Å². The van der Waals surface area contributed by atoms with Gasteiger partial charge < -0.3 is 20.3 Å². The van der Waals surface area contributed by atoms with E-state index in [-0.39, 0.29) is 5.60 Å². The monoisotopic (exact) mass is 217 g/mol. The Labute approximate surface area is 91.7 Å². The van der Waals surface area contributed by atoms with Gasteiger partial charge in [-0.3, -0.25) is 0 Å². The molecule has 1 rings (SSSR count). The highest BCUT2D eigenvalue weighted by Gasteiger charge is 2.31. The number of ether oxygens (including phenoxy) is 2. The van der Waals surface area contributed by atoms with Crippen LogP contribution in [0.4, 0.5) is 0 Å². The second-order valence-electron chi connectivity index (χ2n) is 4.37. The fraction of sp³-hybridized carbons (Fsp3) is 1.00. The second-order valence-corrected chi connectivity index (χ2v) is 4.37. The molecule has 1 saturated carbocycles. The van der Waals surface area contributed by atoms with E-state index in [1.54, 1.807) is 7.11 Å². The van der Waals surface area contributed by atoms with E-state index in [1.165, 1.54) is 19.3 Å². The Bertz CT molecular complexity index is 169. The first-order valence-corrected chi connectivity index (χ1v) is 5.73. The molecule has 1 fully saturated rings. The van der Waals surface area contributed by atoms with Gasteiger partial charge in [0.15, 0.2) is 0 Å². The van der Waals surface area contributed by atoms with Gasteiger partial charge in [0.05, 0.1) is 18.8 Å². The normalized spacial score (nSPS) is 22.6. The van der Waals surface area contributed by atoms with E-state index in [1.807, 2.05) is 0 Å². The smallest absolute Gasteiger partial charge is 0.101 e. The predicted molar refractivity (Wildman–Crippen MR) is 58.7 cm³/mol. The highest BCUT2D eigenvalue weighted by molar-refractivity contribution is 4.85. The van der Waals surface area contributed by atoms with Crippen LogP contribution in [0.25, 0.3) is 0 Å². The Morgan fingerprint density at radius 1 is 1.27 bits per heavy atom. The van der Waals surface area contributed by atoms with Gasteiger partial charge in [0.1, 0.15) is 6.10 Å². The quantitative estimate of drug-likeness (QED) is 0.686. The minimum atomic E-state index is -0.541. The second kappa shape index (κ2) is 6.43. The van der Waals surface area contributed by atoms with E-state index in [0.717, 1.165) is 12.8 Å². The zero-order valence-corrected chi connectivity index (χ0v) is 9.58. The summed E-state index contributed by atoms with van der Waals surface area (Å²) in [6.07, 6.45) is 5.12. The average Bonchev–Trinajstić information content (AvgIpc) is 2.28. The zero-order chi connectivity index (χ0) is 11.1. The first-order chi connectivity index (χ1) is 7.22. The van der Waals surface area contributed by atoms with Crippen LogP contribution in [0, 0.1) is 0 Å². The van der Waals surface area contributed by atoms with Crippen molar-refractivity contribution in [2.24, 2.45) is 5.73 Å². The molecule has 0 radical (unpaired) electrons. The van der Waals surface area contributed by atoms with E-state index in [4.69, 9.17) is 15.2 Å². The summed E-state index contributed by atoms with van der Waals surface area (Å²) in [5.74, 6) is 0. The van der Waals surface area contributed by atoms with Gasteiger partial charge in [-0.2, -0.15) is 0 Å². The van der Waals surface area contributed by atoms with Gasteiger partial charge in [0, 0.05) is 13.7 Å². The third kappa shape index (κ3) is 4.07. The van der Waals surface area contributed by atoms with E-state index in [0.29, 0.717) is 19.8 Å². The molecular formula is C11H23NO3. The van der Waals surface area contributed by atoms with Crippen LogP contribution >= 0.6 is 0 Å². The first kappa shape index (κ1) is 12.9. The van der Waals surface area contributed by atoms with Crippen LogP contribution in [0.1, 0.15) is 32.1 Å². The van der Waals surface area contributed by atoms with Crippen molar-refractivity contribution in [3.63, 3.8) is 0 Å². The standard InChI is InChI=1S/C11H23NO3/c1-14-7-10(13)8-15-11(9-12)5-3-2-4-6-11/h10,13H,2-9,12H2,1H3. The number of nitrogens with two attached hydrogens (primary N) is 1. The summed E-state index contributed by atoms with van der Waals surface area (Å²) < 4.78 is 10.6. The lowest BCUT2D eigenvalue weighted by Crippen LogP contribution is -2.44. The maximum absolute atomic E-state index is 9.50. The summed E-state index contributed by atoms with van der Waals surface area (Å²) in [4.78, 5) is 0. The Morgan fingerprint density at radius 3 is 2.47 bits per heavy atom. The zero-order valence-electron chi connectivity index (χ0n) is 9.58. The number of methoxy groups -OCH3 is 1. The Kier molecular flexibility index (Phi) is 5.53. The number of rotatable bonds is 6. The van der Waals surface area contributed by atoms with Crippen LogP contribution < -0.4 is 5.73 Å². The SMILES string of the molecule is COCC(O)COC1(CN)CCCCC1. The highest BCUT2D eigenvalue weighted by Crippen LogP contribution is 2.30. The summed E-state index contributed by atoms with van der Waals surface area (Å²) in [6, 6.07) is 0. The van der Waals surface area contributed by atoms with Crippen molar-refractivity contribution in [3.8, 4) is 0 Å². The topological polar surface area (TPSA) is 64.7 Å². The van der Waals surface area contributed by atoms with Gasteiger partial charge in [-0.15, -0.1) is 0 Å². The maximum Gasteiger partial charge on any atom is 0.101 e.